The van der Waals surface area contributed by atoms with Gasteiger partial charge in [-0.3, -0.25) is 0 Å². The molecule has 1 heterocycles. The Kier molecular flexibility index (Phi) is 3.51. The molecule has 1 aliphatic rings. The van der Waals surface area contributed by atoms with E-state index in [2.05, 4.69) is 6.92 Å². The molecule has 1 aliphatic heterocycles. The van der Waals surface area contributed by atoms with Crippen molar-refractivity contribution >= 4 is 0 Å². The van der Waals surface area contributed by atoms with Gasteiger partial charge in [0.2, 0.25) is 0 Å². The molecule has 0 spiro atoms. The summed E-state index contributed by atoms with van der Waals surface area (Å²) in [6, 6.07) is 7.46. The monoisotopic (exact) mass is 298 g/mol. The summed E-state index contributed by atoms with van der Waals surface area (Å²) >= 11 is 0. The molecule has 2 aromatic carbocycles. The van der Waals surface area contributed by atoms with E-state index in [9.17, 15) is 10.2 Å². The van der Waals surface area contributed by atoms with E-state index in [1.54, 1.807) is 12.1 Å². The number of hydrogen-bond acceptors (Lipinski definition) is 3. The van der Waals surface area contributed by atoms with Gasteiger partial charge in [0.15, 0.2) is 0 Å². The standard InChI is InChI=1S/C19H22O3/c1-10-7-15(20)9-17-16(10)8-13(4)19(22-17)14-5-11(2)18(21)12(3)6-14/h5-7,9,13,19-21H,8H2,1-4H3. The first-order chi connectivity index (χ1) is 10.4. The van der Waals surface area contributed by atoms with E-state index >= 15 is 0 Å². The van der Waals surface area contributed by atoms with Crippen LogP contribution in [0.15, 0.2) is 24.3 Å². The van der Waals surface area contributed by atoms with Crippen molar-refractivity contribution in [2.75, 3.05) is 0 Å². The molecular formula is C19H22O3. The molecular weight excluding hydrogens is 276 g/mol. The van der Waals surface area contributed by atoms with Gasteiger partial charge in [-0.2, -0.15) is 0 Å². The Hall–Kier alpha value is -2.16. The fourth-order valence-corrected chi connectivity index (χ4v) is 3.37. The SMILES string of the molecule is Cc1cc(C2Oc3cc(O)cc(C)c3CC2C)cc(C)c1O. The average molecular weight is 298 g/mol. The first kappa shape index (κ1) is 14.8. The third-order valence-electron chi connectivity index (χ3n) is 4.56. The van der Waals surface area contributed by atoms with Crippen LogP contribution >= 0.6 is 0 Å². The normalized spacial score (nSPS) is 20.4. The van der Waals surface area contributed by atoms with Crippen LogP contribution in [0.5, 0.6) is 17.2 Å². The number of aromatic hydroxyl groups is 2. The summed E-state index contributed by atoms with van der Waals surface area (Å²) in [5, 5.41) is 19.8. The molecule has 3 heteroatoms. The van der Waals surface area contributed by atoms with Crippen molar-refractivity contribution < 1.29 is 14.9 Å². The molecule has 2 N–H and O–H groups in total. The largest absolute Gasteiger partial charge is 0.508 e. The zero-order valence-corrected chi connectivity index (χ0v) is 13.5. The van der Waals surface area contributed by atoms with Gasteiger partial charge in [0.25, 0.3) is 0 Å². The van der Waals surface area contributed by atoms with Gasteiger partial charge < -0.3 is 14.9 Å². The van der Waals surface area contributed by atoms with Gasteiger partial charge in [-0.05, 0) is 73.2 Å². The number of phenolic OH excluding ortho intramolecular Hbond substituents is 2. The minimum Gasteiger partial charge on any atom is -0.508 e. The highest BCUT2D eigenvalue weighted by molar-refractivity contribution is 5.49. The molecule has 0 saturated heterocycles. The zero-order chi connectivity index (χ0) is 16.0. The zero-order valence-electron chi connectivity index (χ0n) is 13.5. The van der Waals surface area contributed by atoms with Crippen molar-refractivity contribution in [3.8, 4) is 17.2 Å². The number of rotatable bonds is 1. The highest BCUT2D eigenvalue weighted by Crippen LogP contribution is 2.42. The first-order valence-electron chi connectivity index (χ1n) is 7.66. The lowest BCUT2D eigenvalue weighted by atomic mass is 9.85. The number of hydrogen-bond donors (Lipinski definition) is 2. The van der Waals surface area contributed by atoms with Crippen LogP contribution < -0.4 is 4.74 Å². The maximum Gasteiger partial charge on any atom is 0.127 e. The minimum atomic E-state index is -0.0632. The second kappa shape index (κ2) is 5.24. The van der Waals surface area contributed by atoms with Crippen LogP contribution in [-0.4, -0.2) is 10.2 Å². The third-order valence-corrected chi connectivity index (χ3v) is 4.56. The van der Waals surface area contributed by atoms with Crippen LogP contribution in [0.4, 0.5) is 0 Å². The van der Waals surface area contributed by atoms with Gasteiger partial charge in [-0.25, -0.2) is 0 Å². The van der Waals surface area contributed by atoms with Crippen LogP contribution in [0.1, 0.15) is 40.8 Å². The maximum atomic E-state index is 9.95. The molecule has 0 amide bonds. The topological polar surface area (TPSA) is 49.7 Å². The van der Waals surface area contributed by atoms with Crippen LogP contribution in [0.25, 0.3) is 0 Å². The molecule has 0 radical (unpaired) electrons. The highest BCUT2D eigenvalue weighted by atomic mass is 16.5. The second-order valence-corrected chi connectivity index (χ2v) is 6.46. The molecule has 116 valence electrons. The summed E-state index contributed by atoms with van der Waals surface area (Å²) in [4.78, 5) is 0. The number of phenols is 2. The summed E-state index contributed by atoms with van der Waals surface area (Å²) in [6.07, 6.45) is 0.858. The van der Waals surface area contributed by atoms with Crippen molar-refractivity contribution in [1.82, 2.24) is 0 Å². The molecule has 0 saturated carbocycles. The molecule has 0 aromatic heterocycles. The van der Waals surface area contributed by atoms with Gasteiger partial charge in [-0.1, -0.05) is 6.92 Å². The van der Waals surface area contributed by atoms with E-state index < -0.39 is 0 Å². The summed E-state index contributed by atoms with van der Waals surface area (Å²) in [7, 11) is 0. The Labute approximate surface area is 131 Å². The van der Waals surface area contributed by atoms with E-state index in [4.69, 9.17) is 4.74 Å². The molecule has 0 aliphatic carbocycles. The molecule has 2 unspecified atom stereocenters. The number of fused-ring (bicyclic) bond motifs is 1. The fourth-order valence-electron chi connectivity index (χ4n) is 3.37. The van der Waals surface area contributed by atoms with Crippen molar-refractivity contribution in [3.05, 3.63) is 52.1 Å². The molecule has 0 bridgehead atoms. The van der Waals surface area contributed by atoms with E-state index in [-0.39, 0.29) is 11.9 Å². The van der Waals surface area contributed by atoms with Gasteiger partial charge in [0, 0.05) is 12.0 Å². The summed E-state index contributed by atoms with van der Waals surface area (Å²) < 4.78 is 6.20. The lowest BCUT2D eigenvalue weighted by Gasteiger charge is -2.33. The predicted octanol–water partition coefficient (Wildman–Crippen LogP) is 4.34. The van der Waals surface area contributed by atoms with Crippen molar-refractivity contribution in [2.24, 2.45) is 5.92 Å². The Morgan fingerprint density at radius 3 is 2.23 bits per heavy atom. The van der Waals surface area contributed by atoms with E-state index in [1.165, 1.54) is 5.56 Å². The van der Waals surface area contributed by atoms with Crippen molar-refractivity contribution in [1.29, 1.82) is 0 Å². The quantitative estimate of drug-likeness (QED) is 0.823. The van der Waals surface area contributed by atoms with Gasteiger partial charge >= 0.3 is 0 Å². The molecule has 0 fully saturated rings. The summed E-state index contributed by atoms with van der Waals surface area (Å²) in [6.45, 7) is 7.99. The van der Waals surface area contributed by atoms with Crippen LogP contribution in [0, 0.1) is 26.7 Å². The summed E-state index contributed by atoms with van der Waals surface area (Å²) in [5.41, 5.74) is 5.05. The second-order valence-electron chi connectivity index (χ2n) is 6.46. The minimum absolute atomic E-state index is 0.0632. The van der Waals surface area contributed by atoms with Crippen LogP contribution in [-0.2, 0) is 6.42 Å². The maximum absolute atomic E-state index is 9.95. The Morgan fingerprint density at radius 1 is 0.955 bits per heavy atom. The lowest BCUT2D eigenvalue weighted by molar-refractivity contribution is 0.122. The molecule has 2 atom stereocenters. The van der Waals surface area contributed by atoms with Crippen molar-refractivity contribution in [2.45, 2.75) is 40.2 Å². The van der Waals surface area contributed by atoms with E-state index in [0.717, 1.165) is 34.4 Å². The molecule has 3 rings (SSSR count). The Bertz CT molecular complexity index is 711. The Balaban J connectivity index is 2.03. The molecule has 3 nitrogen and oxygen atoms in total. The van der Waals surface area contributed by atoms with Gasteiger partial charge in [-0.15, -0.1) is 0 Å². The van der Waals surface area contributed by atoms with Gasteiger partial charge in [0.05, 0.1) is 0 Å². The average Bonchev–Trinajstić information content (AvgIpc) is 2.44. The fraction of sp³-hybridized carbons (Fsp3) is 0.368. The first-order valence-corrected chi connectivity index (χ1v) is 7.66. The van der Waals surface area contributed by atoms with Crippen LogP contribution in [0.3, 0.4) is 0 Å². The number of ether oxygens (including phenoxy) is 1. The number of aryl methyl sites for hydroxylation is 3. The summed E-state index contributed by atoms with van der Waals surface area (Å²) in [5.74, 6) is 1.69. The predicted molar refractivity (Wildman–Crippen MR) is 86.7 cm³/mol. The molecule has 2 aromatic rings. The number of benzene rings is 2. The molecule has 22 heavy (non-hydrogen) atoms. The smallest absolute Gasteiger partial charge is 0.127 e. The Morgan fingerprint density at radius 2 is 1.59 bits per heavy atom. The highest BCUT2D eigenvalue weighted by Gasteiger charge is 2.30. The van der Waals surface area contributed by atoms with E-state index in [1.807, 2.05) is 32.9 Å². The third kappa shape index (κ3) is 2.41. The van der Waals surface area contributed by atoms with E-state index in [0.29, 0.717) is 11.7 Å². The van der Waals surface area contributed by atoms with Gasteiger partial charge in [0.1, 0.15) is 23.4 Å². The lowest BCUT2D eigenvalue weighted by Crippen LogP contribution is -2.24. The van der Waals surface area contributed by atoms with Crippen molar-refractivity contribution in [3.63, 3.8) is 0 Å². The van der Waals surface area contributed by atoms with Crippen LogP contribution in [0.2, 0.25) is 0 Å².